The van der Waals surface area contributed by atoms with E-state index in [1.165, 1.54) is 6.42 Å². The van der Waals surface area contributed by atoms with Crippen LogP contribution < -0.4 is 21.7 Å². The molecular formula is C20H33N5O. The van der Waals surface area contributed by atoms with Gasteiger partial charge in [0.1, 0.15) is 11.3 Å². The second-order valence-corrected chi connectivity index (χ2v) is 6.53. The lowest BCUT2D eigenvalue weighted by atomic mass is 10.2. The van der Waals surface area contributed by atoms with E-state index >= 15 is 0 Å². The summed E-state index contributed by atoms with van der Waals surface area (Å²) in [6.07, 6.45) is 4.51. The molecule has 0 saturated heterocycles. The Labute approximate surface area is 156 Å². The molecule has 6 nitrogen and oxygen atoms in total. The highest BCUT2D eigenvalue weighted by Gasteiger charge is 2.02. The van der Waals surface area contributed by atoms with Crippen molar-refractivity contribution in [3.05, 3.63) is 36.0 Å². The van der Waals surface area contributed by atoms with Crippen LogP contribution in [0.5, 0.6) is 5.75 Å². The zero-order valence-electron chi connectivity index (χ0n) is 15.6. The van der Waals surface area contributed by atoms with Gasteiger partial charge in [0.2, 0.25) is 0 Å². The van der Waals surface area contributed by atoms with Gasteiger partial charge in [-0.3, -0.25) is 0 Å². The Bertz CT molecular complexity index is 635. The molecule has 2 aromatic rings. The van der Waals surface area contributed by atoms with Crippen molar-refractivity contribution in [1.29, 1.82) is 0 Å². The minimum atomic E-state index is 0.238. The molecule has 0 aliphatic rings. The maximum absolute atomic E-state index is 9.88. The molecule has 0 fully saturated rings. The van der Waals surface area contributed by atoms with Gasteiger partial charge in [0.25, 0.3) is 0 Å². The van der Waals surface area contributed by atoms with Crippen LogP contribution in [0.4, 0.5) is 0 Å². The van der Waals surface area contributed by atoms with Crippen molar-refractivity contribution >= 4 is 10.9 Å². The standard InChI is InChI=1S/C20H33N5O/c21-10-1-2-11-22-12-4-13-23-14-5-15-24-16-18-9-8-17-6-3-7-19(26)20(17)25-18/h3,6-9,22-24,26H,1-2,4-5,10-16,21H2. The molecule has 0 saturated carbocycles. The summed E-state index contributed by atoms with van der Waals surface area (Å²) >= 11 is 0. The number of pyridine rings is 1. The first-order valence-corrected chi connectivity index (χ1v) is 9.71. The van der Waals surface area contributed by atoms with Crippen molar-refractivity contribution in [1.82, 2.24) is 20.9 Å². The van der Waals surface area contributed by atoms with Crippen LogP contribution in [-0.2, 0) is 6.54 Å². The van der Waals surface area contributed by atoms with Crippen LogP contribution in [-0.4, -0.2) is 49.4 Å². The molecule has 6 N–H and O–H groups in total. The number of nitrogens with zero attached hydrogens (tertiary/aromatic N) is 1. The third-order valence-electron chi connectivity index (χ3n) is 4.28. The Morgan fingerprint density at radius 3 is 2.23 bits per heavy atom. The lowest BCUT2D eigenvalue weighted by molar-refractivity contribution is 0.480. The third-order valence-corrected chi connectivity index (χ3v) is 4.28. The van der Waals surface area contributed by atoms with Crippen molar-refractivity contribution in [3.63, 3.8) is 0 Å². The smallest absolute Gasteiger partial charge is 0.141 e. The summed E-state index contributed by atoms with van der Waals surface area (Å²) in [5.74, 6) is 0.238. The van der Waals surface area contributed by atoms with Crippen molar-refractivity contribution in [2.75, 3.05) is 39.3 Å². The Morgan fingerprint density at radius 2 is 1.50 bits per heavy atom. The summed E-state index contributed by atoms with van der Waals surface area (Å²) in [6.45, 7) is 6.66. The van der Waals surface area contributed by atoms with E-state index in [2.05, 4.69) is 20.9 Å². The molecule has 0 aliphatic heterocycles. The van der Waals surface area contributed by atoms with Crippen molar-refractivity contribution < 1.29 is 5.11 Å². The molecule has 0 bridgehead atoms. The zero-order valence-corrected chi connectivity index (χ0v) is 15.6. The van der Waals surface area contributed by atoms with E-state index in [1.54, 1.807) is 6.07 Å². The van der Waals surface area contributed by atoms with E-state index < -0.39 is 0 Å². The minimum Gasteiger partial charge on any atom is -0.506 e. The highest BCUT2D eigenvalue weighted by molar-refractivity contribution is 5.84. The topological polar surface area (TPSA) is 95.2 Å². The molecule has 1 aromatic heterocycles. The Balaban J connectivity index is 1.48. The lowest BCUT2D eigenvalue weighted by Crippen LogP contribution is -2.25. The summed E-state index contributed by atoms with van der Waals surface area (Å²) in [7, 11) is 0. The lowest BCUT2D eigenvalue weighted by Gasteiger charge is -2.08. The number of hydrogen-bond acceptors (Lipinski definition) is 6. The number of para-hydroxylation sites is 1. The Morgan fingerprint density at radius 1 is 0.808 bits per heavy atom. The molecule has 2 rings (SSSR count). The SMILES string of the molecule is NCCCCNCCCNCCCNCc1ccc2cccc(O)c2n1. The number of unbranched alkanes of at least 4 members (excludes halogenated alkanes) is 1. The van der Waals surface area contributed by atoms with Gasteiger partial charge in [-0.25, -0.2) is 4.98 Å². The largest absolute Gasteiger partial charge is 0.506 e. The fourth-order valence-electron chi connectivity index (χ4n) is 2.81. The Hall–Kier alpha value is -1.73. The molecule has 0 spiro atoms. The number of phenolic OH excluding ortho intramolecular Hbond substituents is 1. The number of rotatable bonds is 14. The quantitative estimate of drug-likeness (QED) is 0.330. The number of fused-ring (bicyclic) bond motifs is 1. The first kappa shape index (κ1) is 20.6. The van der Waals surface area contributed by atoms with Crippen LogP contribution in [0.25, 0.3) is 10.9 Å². The highest BCUT2D eigenvalue weighted by atomic mass is 16.3. The molecule has 1 heterocycles. The number of nitrogens with one attached hydrogen (secondary N) is 3. The molecule has 0 unspecified atom stereocenters. The van der Waals surface area contributed by atoms with Crippen molar-refractivity contribution in [2.45, 2.75) is 32.2 Å². The monoisotopic (exact) mass is 359 g/mol. The second-order valence-electron chi connectivity index (χ2n) is 6.53. The molecule has 0 aliphatic carbocycles. The summed E-state index contributed by atoms with van der Waals surface area (Å²) in [5.41, 5.74) is 7.09. The van der Waals surface area contributed by atoms with E-state index in [0.717, 1.165) is 76.2 Å². The first-order chi connectivity index (χ1) is 12.8. The van der Waals surface area contributed by atoms with Gasteiger partial charge in [0.05, 0.1) is 5.69 Å². The fourth-order valence-corrected chi connectivity index (χ4v) is 2.81. The van der Waals surface area contributed by atoms with E-state index in [9.17, 15) is 5.11 Å². The van der Waals surface area contributed by atoms with Gasteiger partial charge in [-0.05, 0) is 77.1 Å². The molecule has 144 valence electrons. The van der Waals surface area contributed by atoms with Gasteiger partial charge < -0.3 is 26.8 Å². The molecule has 0 amide bonds. The van der Waals surface area contributed by atoms with Crippen molar-refractivity contribution in [3.8, 4) is 5.75 Å². The van der Waals surface area contributed by atoms with Crippen LogP contribution in [0.1, 0.15) is 31.4 Å². The number of aromatic hydroxyl groups is 1. The van der Waals surface area contributed by atoms with Crippen LogP contribution >= 0.6 is 0 Å². The predicted molar refractivity (Wildman–Crippen MR) is 108 cm³/mol. The average Bonchev–Trinajstić information content (AvgIpc) is 2.66. The average molecular weight is 360 g/mol. The van der Waals surface area contributed by atoms with E-state index in [-0.39, 0.29) is 5.75 Å². The number of nitrogens with two attached hydrogens (primary N) is 1. The molecule has 0 radical (unpaired) electrons. The summed E-state index contributed by atoms with van der Waals surface area (Å²) in [6, 6.07) is 9.48. The third kappa shape index (κ3) is 7.66. The van der Waals surface area contributed by atoms with Gasteiger partial charge in [0, 0.05) is 11.9 Å². The summed E-state index contributed by atoms with van der Waals surface area (Å²) in [5, 5.41) is 21.2. The van der Waals surface area contributed by atoms with E-state index in [4.69, 9.17) is 5.73 Å². The molecular weight excluding hydrogens is 326 g/mol. The van der Waals surface area contributed by atoms with Gasteiger partial charge in [-0.15, -0.1) is 0 Å². The summed E-state index contributed by atoms with van der Waals surface area (Å²) in [4.78, 5) is 4.53. The maximum atomic E-state index is 9.88. The van der Waals surface area contributed by atoms with Crippen molar-refractivity contribution in [2.24, 2.45) is 5.73 Å². The van der Waals surface area contributed by atoms with Gasteiger partial charge >= 0.3 is 0 Å². The summed E-state index contributed by atoms with van der Waals surface area (Å²) < 4.78 is 0. The zero-order chi connectivity index (χ0) is 18.5. The van der Waals surface area contributed by atoms with Crippen LogP contribution in [0, 0.1) is 0 Å². The van der Waals surface area contributed by atoms with E-state index in [0.29, 0.717) is 5.52 Å². The van der Waals surface area contributed by atoms with Gasteiger partial charge in [0.15, 0.2) is 0 Å². The van der Waals surface area contributed by atoms with Crippen LogP contribution in [0.3, 0.4) is 0 Å². The van der Waals surface area contributed by atoms with E-state index in [1.807, 2.05) is 24.3 Å². The molecule has 0 atom stereocenters. The molecule has 6 heteroatoms. The number of phenols is 1. The number of hydrogen-bond donors (Lipinski definition) is 5. The minimum absolute atomic E-state index is 0.238. The van der Waals surface area contributed by atoms with Gasteiger partial charge in [-0.1, -0.05) is 18.2 Å². The molecule has 1 aromatic carbocycles. The fraction of sp³-hybridized carbons (Fsp3) is 0.550. The predicted octanol–water partition coefficient (Wildman–Crippen LogP) is 1.73. The van der Waals surface area contributed by atoms with Gasteiger partial charge in [-0.2, -0.15) is 0 Å². The maximum Gasteiger partial charge on any atom is 0.141 e. The normalized spacial score (nSPS) is 11.3. The number of benzene rings is 1. The van der Waals surface area contributed by atoms with Crippen LogP contribution in [0.15, 0.2) is 30.3 Å². The Kier molecular flexibility index (Phi) is 9.97. The molecule has 26 heavy (non-hydrogen) atoms. The second kappa shape index (κ2) is 12.6. The number of aromatic nitrogens is 1. The first-order valence-electron chi connectivity index (χ1n) is 9.71. The highest BCUT2D eigenvalue weighted by Crippen LogP contribution is 2.22. The van der Waals surface area contributed by atoms with Crippen LogP contribution in [0.2, 0.25) is 0 Å².